The van der Waals surface area contributed by atoms with Gasteiger partial charge in [0.1, 0.15) is 5.15 Å². The summed E-state index contributed by atoms with van der Waals surface area (Å²) in [5.41, 5.74) is 0.643. The largest absolute Gasteiger partial charge is 0.355 e. The molecule has 0 atom stereocenters. The number of nitrogens with one attached hydrogen (secondary N) is 1. The van der Waals surface area contributed by atoms with Gasteiger partial charge in [0.15, 0.2) is 0 Å². The van der Waals surface area contributed by atoms with Crippen LogP contribution in [0, 0.1) is 11.8 Å². The highest BCUT2D eigenvalue weighted by Gasteiger charge is 2.01. The van der Waals surface area contributed by atoms with Gasteiger partial charge in [-0.2, -0.15) is 0 Å². The van der Waals surface area contributed by atoms with Crippen molar-refractivity contribution in [3.05, 3.63) is 28.0 Å². The molecule has 1 amide bonds. The molecule has 0 unspecified atom stereocenters. The van der Waals surface area contributed by atoms with Crippen molar-refractivity contribution in [2.45, 2.75) is 13.3 Å². The van der Waals surface area contributed by atoms with Crippen LogP contribution in [0.15, 0.2) is 12.3 Å². The summed E-state index contributed by atoms with van der Waals surface area (Å²) in [4.78, 5) is 14.4. The van der Waals surface area contributed by atoms with Crippen LogP contribution in [0.2, 0.25) is 10.2 Å². The molecule has 0 saturated heterocycles. The van der Waals surface area contributed by atoms with Crippen LogP contribution in [0.25, 0.3) is 0 Å². The smallest absolute Gasteiger partial charge is 0.216 e. The molecular weight excluding hydrogens is 247 g/mol. The maximum Gasteiger partial charge on any atom is 0.216 e. The van der Waals surface area contributed by atoms with Crippen molar-refractivity contribution < 1.29 is 4.79 Å². The Kier molecular flexibility index (Phi) is 5.10. The van der Waals surface area contributed by atoms with Gasteiger partial charge >= 0.3 is 0 Å². The Morgan fingerprint density at radius 1 is 1.56 bits per heavy atom. The minimum absolute atomic E-state index is 0.0632. The molecule has 84 valence electrons. The Labute approximate surface area is 104 Å². The summed E-state index contributed by atoms with van der Waals surface area (Å²) < 4.78 is 0. The van der Waals surface area contributed by atoms with E-state index in [-0.39, 0.29) is 11.1 Å². The summed E-state index contributed by atoms with van der Waals surface area (Å²) in [5, 5.41) is 3.25. The minimum atomic E-state index is -0.0632. The first-order valence-electron chi connectivity index (χ1n) is 4.64. The van der Waals surface area contributed by atoms with Crippen LogP contribution < -0.4 is 5.32 Å². The first-order chi connectivity index (χ1) is 7.61. The van der Waals surface area contributed by atoms with Crippen LogP contribution in [0.3, 0.4) is 0 Å². The fraction of sp³-hybridized carbons (Fsp3) is 0.273. The Hall–Kier alpha value is -1.24. The van der Waals surface area contributed by atoms with Crippen LogP contribution in [-0.4, -0.2) is 17.4 Å². The zero-order valence-electron chi connectivity index (χ0n) is 8.68. The summed E-state index contributed by atoms with van der Waals surface area (Å²) in [6.07, 6.45) is 2.11. The average Bonchev–Trinajstić information content (AvgIpc) is 2.23. The van der Waals surface area contributed by atoms with Gasteiger partial charge in [0, 0.05) is 31.6 Å². The predicted octanol–water partition coefficient (Wildman–Crippen LogP) is 2.27. The Morgan fingerprint density at radius 3 is 3.00 bits per heavy atom. The molecule has 1 aromatic rings. The third kappa shape index (κ3) is 4.09. The highest BCUT2D eigenvalue weighted by molar-refractivity contribution is 6.41. The van der Waals surface area contributed by atoms with Gasteiger partial charge in [0.2, 0.25) is 5.91 Å². The second kappa shape index (κ2) is 6.37. The lowest BCUT2D eigenvalue weighted by Gasteiger charge is -1.97. The fourth-order valence-corrected chi connectivity index (χ4v) is 1.29. The molecule has 0 aliphatic rings. The molecule has 0 aromatic carbocycles. The lowest BCUT2D eigenvalue weighted by Crippen LogP contribution is -2.20. The molecule has 3 nitrogen and oxygen atoms in total. The molecule has 1 heterocycles. The maximum atomic E-state index is 10.6. The summed E-state index contributed by atoms with van der Waals surface area (Å²) in [5.74, 6) is 5.70. The molecule has 1 rings (SSSR count). The number of pyridine rings is 1. The summed E-state index contributed by atoms with van der Waals surface area (Å²) in [6.45, 7) is 1.99. The molecular formula is C11H10Cl2N2O. The third-order valence-electron chi connectivity index (χ3n) is 1.69. The Balaban J connectivity index is 2.56. The van der Waals surface area contributed by atoms with Gasteiger partial charge in [-0.3, -0.25) is 4.79 Å². The number of carbonyl (C=O) groups excluding carboxylic acids is 1. The van der Waals surface area contributed by atoms with Crippen molar-refractivity contribution >= 4 is 29.1 Å². The van der Waals surface area contributed by atoms with E-state index in [1.54, 1.807) is 12.3 Å². The number of hydrogen-bond donors (Lipinski definition) is 1. The summed E-state index contributed by atoms with van der Waals surface area (Å²) in [7, 11) is 0. The van der Waals surface area contributed by atoms with Crippen LogP contribution in [0.1, 0.15) is 18.9 Å². The average molecular weight is 257 g/mol. The monoisotopic (exact) mass is 256 g/mol. The maximum absolute atomic E-state index is 10.6. The zero-order chi connectivity index (χ0) is 12.0. The number of amides is 1. The van der Waals surface area contributed by atoms with Crippen LogP contribution in [0.5, 0.6) is 0 Å². The normalized spacial score (nSPS) is 9.19. The van der Waals surface area contributed by atoms with Gasteiger partial charge in [-0.1, -0.05) is 35.0 Å². The molecule has 0 aliphatic heterocycles. The second-order valence-electron chi connectivity index (χ2n) is 3.00. The highest BCUT2D eigenvalue weighted by atomic mass is 35.5. The van der Waals surface area contributed by atoms with E-state index >= 15 is 0 Å². The van der Waals surface area contributed by atoms with E-state index in [1.165, 1.54) is 6.92 Å². The molecule has 0 spiro atoms. The minimum Gasteiger partial charge on any atom is -0.355 e. The van der Waals surface area contributed by atoms with E-state index in [2.05, 4.69) is 22.1 Å². The van der Waals surface area contributed by atoms with Crippen molar-refractivity contribution in [2.24, 2.45) is 0 Å². The lowest BCUT2D eigenvalue weighted by molar-refractivity contribution is -0.118. The predicted molar refractivity (Wildman–Crippen MR) is 64.4 cm³/mol. The number of halogens is 2. The number of carbonyl (C=O) groups is 1. The van der Waals surface area contributed by atoms with E-state index in [4.69, 9.17) is 23.2 Å². The van der Waals surface area contributed by atoms with Crippen molar-refractivity contribution in [1.29, 1.82) is 0 Å². The van der Waals surface area contributed by atoms with Crippen molar-refractivity contribution in [1.82, 2.24) is 10.3 Å². The number of nitrogens with zero attached hydrogens (tertiary/aromatic N) is 1. The molecule has 1 aromatic heterocycles. The van der Waals surface area contributed by atoms with E-state index in [9.17, 15) is 4.79 Å². The van der Waals surface area contributed by atoms with Crippen LogP contribution >= 0.6 is 23.2 Å². The highest BCUT2D eigenvalue weighted by Crippen LogP contribution is 2.22. The quantitative estimate of drug-likeness (QED) is 0.501. The van der Waals surface area contributed by atoms with Crippen molar-refractivity contribution in [2.75, 3.05) is 6.54 Å². The standard InChI is InChI=1S/C11H10Cl2N2O/c1-8(16)14-6-3-2-4-9-5-7-15-11(13)10(9)12/h5,7H,3,6H2,1H3,(H,14,16). The van der Waals surface area contributed by atoms with Gasteiger partial charge in [0.05, 0.1) is 5.02 Å². The Morgan fingerprint density at radius 2 is 2.31 bits per heavy atom. The second-order valence-corrected chi connectivity index (χ2v) is 3.73. The molecule has 0 saturated carbocycles. The van der Waals surface area contributed by atoms with Gasteiger partial charge in [-0.15, -0.1) is 0 Å². The third-order valence-corrected chi connectivity index (χ3v) is 2.46. The number of hydrogen-bond acceptors (Lipinski definition) is 2. The van der Waals surface area contributed by atoms with E-state index in [0.29, 0.717) is 23.6 Å². The molecule has 0 fully saturated rings. The molecule has 16 heavy (non-hydrogen) atoms. The number of rotatable bonds is 2. The van der Waals surface area contributed by atoms with Gasteiger partial charge in [0.25, 0.3) is 0 Å². The lowest BCUT2D eigenvalue weighted by atomic mass is 10.2. The molecule has 1 N–H and O–H groups in total. The summed E-state index contributed by atoms with van der Waals surface area (Å²) in [6, 6.07) is 1.69. The molecule has 0 bridgehead atoms. The summed E-state index contributed by atoms with van der Waals surface area (Å²) >= 11 is 11.6. The van der Waals surface area contributed by atoms with Crippen LogP contribution in [0.4, 0.5) is 0 Å². The topological polar surface area (TPSA) is 42.0 Å². The Bertz CT molecular complexity index is 449. The molecule has 0 aliphatic carbocycles. The van der Waals surface area contributed by atoms with Crippen LogP contribution in [-0.2, 0) is 4.79 Å². The first kappa shape index (κ1) is 12.8. The van der Waals surface area contributed by atoms with E-state index in [1.807, 2.05) is 0 Å². The first-order valence-corrected chi connectivity index (χ1v) is 5.40. The van der Waals surface area contributed by atoms with Crippen molar-refractivity contribution in [3.63, 3.8) is 0 Å². The fourth-order valence-electron chi connectivity index (χ4n) is 0.974. The van der Waals surface area contributed by atoms with Gasteiger partial charge in [-0.25, -0.2) is 4.98 Å². The van der Waals surface area contributed by atoms with Gasteiger partial charge in [-0.05, 0) is 6.07 Å². The van der Waals surface area contributed by atoms with E-state index in [0.717, 1.165) is 0 Å². The van der Waals surface area contributed by atoms with E-state index < -0.39 is 0 Å². The number of aromatic nitrogens is 1. The van der Waals surface area contributed by atoms with Gasteiger partial charge < -0.3 is 5.32 Å². The van der Waals surface area contributed by atoms with Crippen molar-refractivity contribution in [3.8, 4) is 11.8 Å². The SMILES string of the molecule is CC(=O)NCCC#Cc1ccnc(Cl)c1Cl. The zero-order valence-corrected chi connectivity index (χ0v) is 10.2. The molecule has 0 radical (unpaired) electrons. The molecule has 5 heteroatoms.